The molecule has 3 N–H and O–H groups in total. The molecule has 0 aromatic heterocycles. The Morgan fingerprint density at radius 1 is 1.28 bits per heavy atom. The molecule has 1 aromatic rings. The molecule has 0 radical (unpaired) electrons. The second-order valence-electron chi connectivity index (χ2n) is 7.03. The third kappa shape index (κ3) is 7.50. The van der Waals surface area contributed by atoms with Crippen LogP contribution < -0.4 is 15.3 Å². The highest BCUT2D eigenvalue weighted by atomic mass is 19.3. The number of nitrogens with zero attached hydrogens (tertiary/aromatic N) is 3. The minimum atomic E-state index is -3.22. The van der Waals surface area contributed by atoms with E-state index in [2.05, 4.69) is 0 Å². The number of alkyl halides is 3. The van der Waals surface area contributed by atoms with Crippen molar-refractivity contribution in [3.05, 3.63) is 24.0 Å². The van der Waals surface area contributed by atoms with Crippen molar-refractivity contribution in [3.63, 3.8) is 0 Å². The smallest absolute Gasteiger partial charge is 0.315 e. The summed E-state index contributed by atoms with van der Waals surface area (Å²) >= 11 is 0. The highest BCUT2D eigenvalue weighted by Crippen LogP contribution is 2.25. The molecular weight excluding hydrogens is 440 g/mol. The van der Waals surface area contributed by atoms with Crippen molar-refractivity contribution in [3.8, 4) is 0 Å². The number of amides is 2. The fourth-order valence-electron chi connectivity index (χ4n) is 3.01. The van der Waals surface area contributed by atoms with Gasteiger partial charge < -0.3 is 15.3 Å². The molecular formula is C19H28F4N4O5. The van der Waals surface area contributed by atoms with E-state index in [1.165, 1.54) is 12.1 Å². The molecule has 2 amide bonds. The van der Waals surface area contributed by atoms with Crippen molar-refractivity contribution >= 4 is 23.2 Å². The lowest BCUT2D eigenvalue weighted by Gasteiger charge is -2.25. The molecule has 1 atom stereocenters. The molecule has 1 aromatic carbocycles. The molecule has 1 aliphatic heterocycles. The number of carbonyl (C=O) groups excluding carboxylic acids is 2. The van der Waals surface area contributed by atoms with E-state index in [4.69, 9.17) is 4.84 Å². The van der Waals surface area contributed by atoms with Crippen LogP contribution in [-0.4, -0.2) is 85.7 Å². The molecule has 182 valence electrons. The van der Waals surface area contributed by atoms with Crippen LogP contribution in [0.15, 0.2) is 18.2 Å². The number of aliphatic hydroxyl groups excluding tert-OH is 1. The number of nitrogens with one attached hydrogen (secondary N) is 1. The molecule has 32 heavy (non-hydrogen) atoms. The number of rotatable bonds is 10. The van der Waals surface area contributed by atoms with E-state index >= 15 is 0 Å². The van der Waals surface area contributed by atoms with E-state index in [-0.39, 0.29) is 57.8 Å². The Hall–Kier alpha value is -2.64. The number of anilines is 2. The Kier molecular flexibility index (Phi) is 9.94. The third-order valence-electron chi connectivity index (χ3n) is 4.65. The Labute approximate surface area is 183 Å². The van der Waals surface area contributed by atoms with Crippen LogP contribution in [0.25, 0.3) is 0 Å². The van der Waals surface area contributed by atoms with Crippen LogP contribution in [0.5, 0.6) is 0 Å². The Balaban J connectivity index is 0.00000544. The van der Waals surface area contributed by atoms with E-state index < -0.39 is 44.0 Å². The minimum absolute atomic E-state index is 0. The number of carbonyl (C=O) groups is 2. The number of aliphatic hydroxyl groups is 1. The summed E-state index contributed by atoms with van der Waals surface area (Å²) < 4.78 is 51.2. The zero-order valence-electron chi connectivity index (χ0n) is 17.2. The zero-order chi connectivity index (χ0) is 23.7. The maximum absolute atomic E-state index is 14.7. The fraction of sp³-hybridized carbons (Fsp3) is 0.579. The van der Waals surface area contributed by atoms with Crippen LogP contribution in [-0.2, 0) is 14.4 Å². The molecule has 13 heteroatoms. The number of halogens is 4. The van der Waals surface area contributed by atoms with Gasteiger partial charge >= 0.3 is 6.43 Å². The second-order valence-corrected chi connectivity index (χ2v) is 7.03. The quantitative estimate of drug-likeness (QED) is 0.352. The van der Waals surface area contributed by atoms with Crippen LogP contribution in [0.1, 0.15) is 14.3 Å². The first-order chi connectivity index (χ1) is 15.2. The van der Waals surface area contributed by atoms with Gasteiger partial charge in [-0.25, -0.2) is 9.45 Å². The van der Waals surface area contributed by atoms with Gasteiger partial charge in [-0.3, -0.25) is 29.1 Å². The van der Waals surface area contributed by atoms with Gasteiger partial charge in [-0.05, 0) is 18.6 Å². The van der Waals surface area contributed by atoms with Gasteiger partial charge in [0.2, 0.25) is 5.91 Å². The van der Waals surface area contributed by atoms with Gasteiger partial charge in [0, 0.05) is 33.5 Å². The average molecular weight is 468 g/mol. The molecule has 2 rings (SSSR count). The Morgan fingerprint density at radius 2 is 2.03 bits per heavy atom. The van der Waals surface area contributed by atoms with Gasteiger partial charge in [-0.2, -0.15) is 8.78 Å². The maximum atomic E-state index is 14.7. The second kappa shape index (κ2) is 12.4. The van der Waals surface area contributed by atoms with Gasteiger partial charge in [0.25, 0.3) is 5.91 Å². The zero-order valence-corrected chi connectivity index (χ0v) is 17.2. The summed E-state index contributed by atoms with van der Waals surface area (Å²) in [7, 11) is 0. The average Bonchev–Trinajstić information content (AvgIpc) is 3.01. The van der Waals surface area contributed by atoms with Gasteiger partial charge in [0.1, 0.15) is 5.82 Å². The monoisotopic (exact) mass is 468 g/mol. The first-order valence-corrected chi connectivity index (χ1v) is 9.97. The summed E-state index contributed by atoms with van der Waals surface area (Å²) in [4.78, 5) is 29.8. The standard InChI is InChI=1S/C19H26F4N4O5.H2/c20-5-1-2-17(29)27-7-6-25(8-9-32-27)16-4-3-13(10-15(16)21)26(31)12-14(28)11-24-19(30)18(22)23;/h3-4,10,14,18,28,31H,1-2,5-9,11-12H2,(H,24,30);1H/t14-;/m0./s1. The summed E-state index contributed by atoms with van der Waals surface area (Å²) in [6.45, 7) is -0.755. The SMILES string of the molecule is O=C(NC[C@H](O)CN(O)c1ccc(N2CCON(C(=O)CCCF)CC2)c(F)c1)C(F)F.[HH]. The van der Waals surface area contributed by atoms with Crippen molar-refractivity contribution in [1.29, 1.82) is 0 Å². The summed E-state index contributed by atoms with van der Waals surface area (Å²) in [5.41, 5.74) is 0.202. The first kappa shape index (κ1) is 25.6. The molecule has 0 aliphatic carbocycles. The number of benzene rings is 1. The van der Waals surface area contributed by atoms with Crippen LogP contribution in [0.4, 0.5) is 28.9 Å². The lowest BCUT2D eigenvalue weighted by Crippen LogP contribution is -2.41. The normalized spacial score (nSPS) is 15.5. The molecule has 0 saturated carbocycles. The van der Waals surface area contributed by atoms with Crippen molar-refractivity contribution in [2.75, 3.05) is 56.0 Å². The van der Waals surface area contributed by atoms with Gasteiger partial charge in [0.05, 0.1) is 43.8 Å². The van der Waals surface area contributed by atoms with Crippen molar-refractivity contribution in [2.24, 2.45) is 0 Å². The highest BCUT2D eigenvalue weighted by Gasteiger charge is 2.23. The predicted octanol–water partition coefficient (Wildman–Crippen LogP) is 1.34. The molecule has 1 heterocycles. The molecule has 0 unspecified atom stereocenters. The van der Waals surface area contributed by atoms with Crippen molar-refractivity contribution in [2.45, 2.75) is 25.4 Å². The summed E-state index contributed by atoms with van der Waals surface area (Å²) in [6.07, 6.45) is -4.49. The van der Waals surface area contributed by atoms with E-state index in [0.717, 1.165) is 11.1 Å². The van der Waals surface area contributed by atoms with Crippen molar-refractivity contribution < 1.29 is 43.7 Å². The van der Waals surface area contributed by atoms with E-state index in [0.29, 0.717) is 5.06 Å². The fourth-order valence-corrected chi connectivity index (χ4v) is 3.01. The number of hydroxylamine groups is 3. The van der Waals surface area contributed by atoms with Crippen LogP contribution in [0.2, 0.25) is 0 Å². The van der Waals surface area contributed by atoms with E-state index in [1.807, 2.05) is 5.32 Å². The van der Waals surface area contributed by atoms with Gasteiger partial charge in [0.15, 0.2) is 0 Å². The van der Waals surface area contributed by atoms with Crippen LogP contribution in [0, 0.1) is 5.82 Å². The minimum Gasteiger partial charge on any atom is -0.389 e. The predicted molar refractivity (Wildman–Crippen MR) is 108 cm³/mol. The van der Waals surface area contributed by atoms with E-state index in [1.54, 1.807) is 4.90 Å². The first-order valence-electron chi connectivity index (χ1n) is 9.97. The third-order valence-corrected chi connectivity index (χ3v) is 4.65. The maximum Gasteiger partial charge on any atom is 0.315 e. The highest BCUT2D eigenvalue weighted by molar-refractivity contribution is 5.79. The number of hydrogen-bond acceptors (Lipinski definition) is 7. The molecule has 1 saturated heterocycles. The molecule has 1 aliphatic rings. The van der Waals surface area contributed by atoms with Gasteiger partial charge in [-0.1, -0.05) is 0 Å². The van der Waals surface area contributed by atoms with Crippen LogP contribution in [0.3, 0.4) is 0 Å². The summed E-state index contributed by atoms with van der Waals surface area (Å²) in [5, 5.41) is 23.3. The largest absolute Gasteiger partial charge is 0.389 e. The lowest BCUT2D eigenvalue weighted by atomic mass is 10.2. The summed E-state index contributed by atoms with van der Waals surface area (Å²) in [5.74, 6) is -2.58. The molecule has 0 bridgehead atoms. The van der Waals surface area contributed by atoms with Gasteiger partial charge in [-0.15, -0.1) is 0 Å². The van der Waals surface area contributed by atoms with E-state index in [9.17, 15) is 37.5 Å². The topological polar surface area (TPSA) is 106 Å². The Bertz CT molecular complexity index is 780. The molecule has 1 fully saturated rings. The number of hydrogen-bond donors (Lipinski definition) is 3. The molecule has 9 nitrogen and oxygen atoms in total. The van der Waals surface area contributed by atoms with Crippen LogP contribution >= 0.6 is 0 Å². The summed E-state index contributed by atoms with van der Waals surface area (Å²) in [6, 6.07) is 3.81. The lowest BCUT2D eigenvalue weighted by molar-refractivity contribution is -0.182. The Morgan fingerprint density at radius 3 is 2.69 bits per heavy atom. The van der Waals surface area contributed by atoms with Crippen molar-refractivity contribution in [1.82, 2.24) is 10.4 Å². The molecule has 0 spiro atoms.